The van der Waals surface area contributed by atoms with Crippen LogP contribution in [0.1, 0.15) is 35.2 Å². The number of hydrogen-bond acceptors (Lipinski definition) is 6. The number of benzene rings is 1. The minimum Gasteiger partial charge on any atom is -0.378 e. The average Bonchev–Trinajstić information content (AvgIpc) is 3.27. The van der Waals surface area contributed by atoms with Gasteiger partial charge >= 0.3 is 0 Å². The average molecular weight is 465 g/mol. The highest BCUT2D eigenvalue weighted by Gasteiger charge is 2.43. The number of fused-ring (bicyclic) bond motifs is 1. The quantitative estimate of drug-likeness (QED) is 0.536. The summed E-state index contributed by atoms with van der Waals surface area (Å²) in [5.41, 5.74) is 2.58. The second-order valence-electron chi connectivity index (χ2n) is 9.14. The highest BCUT2D eigenvalue weighted by atomic mass is 16.2. The van der Waals surface area contributed by atoms with Crippen LogP contribution >= 0.6 is 0 Å². The minimum absolute atomic E-state index is 0.00985. The van der Waals surface area contributed by atoms with E-state index in [2.05, 4.69) is 25.8 Å². The maximum absolute atomic E-state index is 12.8. The first-order valence-corrected chi connectivity index (χ1v) is 11.7. The second-order valence-corrected chi connectivity index (χ2v) is 9.14. The smallest absolute Gasteiger partial charge is 0.251 e. The summed E-state index contributed by atoms with van der Waals surface area (Å²) >= 11 is 0. The van der Waals surface area contributed by atoms with Crippen LogP contribution in [0.4, 0.5) is 5.69 Å². The van der Waals surface area contributed by atoms with E-state index >= 15 is 0 Å². The van der Waals surface area contributed by atoms with E-state index in [9.17, 15) is 14.4 Å². The molecular formula is C25H32N6O3. The van der Waals surface area contributed by atoms with E-state index in [0.29, 0.717) is 44.5 Å². The number of hydrogen-bond donors (Lipinski definition) is 3. The van der Waals surface area contributed by atoms with Crippen LogP contribution < -0.4 is 20.9 Å². The molecule has 2 aliphatic heterocycles. The predicted molar refractivity (Wildman–Crippen MR) is 129 cm³/mol. The Hall–Kier alpha value is -3.46. The fraction of sp³-hybridized carbons (Fsp3) is 0.440. The van der Waals surface area contributed by atoms with E-state index in [0.717, 1.165) is 11.3 Å². The molecule has 0 unspecified atom stereocenters. The summed E-state index contributed by atoms with van der Waals surface area (Å²) in [6, 6.07) is 10.9. The highest BCUT2D eigenvalue weighted by Crippen LogP contribution is 2.26. The molecule has 0 radical (unpaired) electrons. The summed E-state index contributed by atoms with van der Waals surface area (Å²) in [5.74, 6) is -0.172. The van der Waals surface area contributed by atoms with Crippen molar-refractivity contribution in [3.05, 3.63) is 59.9 Å². The molecule has 0 spiro atoms. The van der Waals surface area contributed by atoms with Gasteiger partial charge in [-0.3, -0.25) is 24.3 Å². The summed E-state index contributed by atoms with van der Waals surface area (Å²) in [4.78, 5) is 45.7. The van der Waals surface area contributed by atoms with Crippen LogP contribution in [0.3, 0.4) is 0 Å². The Balaban J connectivity index is 1.29. The number of pyridine rings is 1. The van der Waals surface area contributed by atoms with Crippen molar-refractivity contribution < 1.29 is 14.4 Å². The van der Waals surface area contributed by atoms with Gasteiger partial charge in [-0.05, 0) is 48.7 Å². The minimum atomic E-state index is -0.279. The van der Waals surface area contributed by atoms with Crippen LogP contribution in [-0.2, 0) is 16.1 Å². The van der Waals surface area contributed by atoms with Gasteiger partial charge in [-0.15, -0.1) is 0 Å². The summed E-state index contributed by atoms with van der Waals surface area (Å²) in [6.45, 7) is 1.56. The number of piperazine rings is 1. The highest BCUT2D eigenvalue weighted by molar-refractivity contribution is 5.95. The number of carbonyl (C=O) groups is 3. The lowest BCUT2D eigenvalue weighted by Gasteiger charge is -2.37. The lowest BCUT2D eigenvalue weighted by molar-refractivity contribution is -0.129. The molecule has 2 fully saturated rings. The lowest BCUT2D eigenvalue weighted by atomic mass is 10.0. The van der Waals surface area contributed by atoms with Crippen molar-refractivity contribution in [3.63, 3.8) is 0 Å². The SMILES string of the molecule is CN(C)c1ccc(C(=O)N[C@H]2C[C@H]3C(=O)NC[C@@H](CCC(=O)NCc4cccnc4)N3C2)cc1. The first kappa shape index (κ1) is 23.7. The monoisotopic (exact) mass is 464 g/mol. The summed E-state index contributed by atoms with van der Waals surface area (Å²) in [6.07, 6.45) is 5.01. The zero-order valence-corrected chi connectivity index (χ0v) is 19.7. The summed E-state index contributed by atoms with van der Waals surface area (Å²) in [7, 11) is 3.91. The molecule has 3 heterocycles. The van der Waals surface area contributed by atoms with Gasteiger partial charge in [0.05, 0.1) is 6.04 Å². The first-order valence-electron chi connectivity index (χ1n) is 11.7. The van der Waals surface area contributed by atoms with Crippen molar-refractivity contribution >= 4 is 23.4 Å². The van der Waals surface area contributed by atoms with Gasteiger partial charge < -0.3 is 20.9 Å². The Kier molecular flexibility index (Phi) is 7.42. The van der Waals surface area contributed by atoms with Gasteiger partial charge in [-0.1, -0.05) is 6.07 Å². The number of nitrogens with one attached hydrogen (secondary N) is 3. The maximum atomic E-state index is 12.8. The van der Waals surface area contributed by atoms with Crippen molar-refractivity contribution in [2.45, 2.75) is 43.9 Å². The number of nitrogens with zero attached hydrogens (tertiary/aromatic N) is 3. The fourth-order valence-corrected chi connectivity index (χ4v) is 4.62. The van der Waals surface area contributed by atoms with Gasteiger partial charge in [-0.25, -0.2) is 0 Å². The number of aromatic nitrogens is 1. The van der Waals surface area contributed by atoms with Crippen molar-refractivity contribution in [3.8, 4) is 0 Å². The van der Waals surface area contributed by atoms with Gasteiger partial charge in [0.15, 0.2) is 0 Å². The molecule has 0 bridgehead atoms. The van der Waals surface area contributed by atoms with E-state index in [-0.39, 0.29) is 35.8 Å². The molecule has 1 aromatic carbocycles. The van der Waals surface area contributed by atoms with E-state index in [1.54, 1.807) is 12.4 Å². The molecule has 2 saturated heterocycles. The Morgan fingerprint density at radius 1 is 1.21 bits per heavy atom. The van der Waals surface area contributed by atoms with Crippen molar-refractivity contribution in [2.75, 3.05) is 32.1 Å². The number of carbonyl (C=O) groups excluding carboxylic acids is 3. The molecule has 34 heavy (non-hydrogen) atoms. The molecule has 0 saturated carbocycles. The molecule has 3 atom stereocenters. The third-order valence-electron chi connectivity index (χ3n) is 6.52. The zero-order valence-electron chi connectivity index (χ0n) is 19.7. The largest absolute Gasteiger partial charge is 0.378 e. The molecule has 3 N–H and O–H groups in total. The Bertz CT molecular complexity index is 1010. The zero-order chi connectivity index (χ0) is 24.1. The normalized spacial score (nSPS) is 21.9. The second kappa shape index (κ2) is 10.6. The fourth-order valence-electron chi connectivity index (χ4n) is 4.62. The number of rotatable bonds is 8. The molecule has 180 valence electrons. The van der Waals surface area contributed by atoms with Crippen molar-refractivity contribution in [2.24, 2.45) is 0 Å². The van der Waals surface area contributed by atoms with Crippen molar-refractivity contribution in [1.82, 2.24) is 25.8 Å². The molecule has 9 heteroatoms. The standard InChI is InChI=1S/C25H32N6O3/c1-30(2)20-7-5-18(6-8-20)24(33)29-19-12-22-25(34)28-15-21(31(22)16-19)9-10-23(32)27-14-17-4-3-11-26-13-17/h3-8,11,13,19,21-22H,9-10,12,14-16H2,1-2H3,(H,27,32)(H,28,34)(H,29,33)/t19-,21+,22-/m0/s1. The van der Waals surface area contributed by atoms with Gasteiger partial charge in [0, 0.05) is 75.9 Å². The third-order valence-corrected chi connectivity index (χ3v) is 6.52. The predicted octanol–water partition coefficient (Wildman–Crippen LogP) is 0.915. The Morgan fingerprint density at radius 2 is 2.00 bits per heavy atom. The Labute approximate surface area is 199 Å². The van der Waals surface area contributed by atoms with Crippen LogP contribution in [0.5, 0.6) is 0 Å². The lowest BCUT2D eigenvalue weighted by Crippen LogP contribution is -2.58. The van der Waals surface area contributed by atoms with Crippen LogP contribution in [0.25, 0.3) is 0 Å². The van der Waals surface area contributed by atoms with Gasteiger partial charge in [-0.2, -0.15) is 0 Å². The van der Waals surface area contributed by atoms with Crippen LogP contribution in [-0.4, -0.2) is 72.9 Å². The van der Waals surface area contributed by atoms with Gasteiger partial charge in [0.2, 0.25) is 11.8 Å². The molecule has 2 aliphatic rings. The topological polar surface area (TPSA) is 107 Å². The molecular weight excluding hydrogens is 432 g/mol. The molecule has 3 amide bonds. The molecule has 2 aromatic rings. The molecule has 1 aromatic heterocycles. The molecule has 4 rings (SSSR count). The van der Waals surface area contributed by atoms with Crippen LogP contribution in [0, 0.1) is 0 Å². The number of anilines is 1. The number of amides is 3. The van der Waals surface area contributed by atoms with Crippen LogP contribution in [0.15, 0.2) is 48.8 Å². The summed E-state index contributed by atoms with van der Waals surface area (Å²) < 4.78 is 0. The first-order chi connectivity index (χ1) is 16.4. The Morgan fingerprint density at radius 3 is 2.71 bits per heavy atom. The van der Waals surface area contributed by atoms with E-state index in [4.69, 9.17) is 0 Å². The molecule has 0 aliphatic carbocycles. The van der Waals surface area contributed by atoms with E-state index in [1.807, 2.05) is 55.4 Å². The molecule has 9 nitrogen and oxygen atoms in total. The van der Waals surface area contributed by atoms with E-state index in [1.165, 1.54) is 0 Å². The maximum Gasteiger partial charge on any atom is 0.251 e. The van der Waals surface area contributed by atoms with Crippen LogP contribution in [0.2, 0.25) is 0 Å². The van der Waals surface area contributed by atoms with E-state index < -0.39 is 0 Å². The van der Waals surface area contributed by atoms with Crippen molar-refractivity contribution in [1.29, 1.82) is 0 Å². The van der Waals surface area contributed by atoms with Gasteiger partial charge in [0.1, 0.15) is 0 Å². The van der Waals surface area contributed by atoms with Gasteiger partial charge in [0.25, 0.3) is 5.91 Å². The third kappa shape index (κ3) is 5.72. The summed E-state index contributed by atoms with van der Waals surface area (Å²) in [5, 5.41) is 8.98.